The Morgan fingerprint density at radius 3 is 2.19 bits per heavy atom. The summed E-state index contributed by atoms with van der Waals surface area (Å²) in [6, 6.07) is 9.12. The highest BCUT2D eigenvalue weighted by Gasteiger charge is 2.28. The van der Waals surface area contributed by atoms with E-state index in [0.717, 1.165) is 15.4 Å². The molecule has 140 valence electrons. The molecule has 7 nitrogen and oxygen atoms in total. The van der Waals surface area contributed by atoms with Crippen LogP contribution in [0.15, 0.2) is 41.3 Å². The van der Waals surface area contributed by atoms with Gasteiger partial charge in [-0.3, -0.25) is 9.10 Å². The number of carboxylic acid groups (broad SMARTS) is 1. The highest BCUT2D eigenvalue weighted by atomic mass is 32.2. The summed E-state index contributed by atoms with van der Waals surface area (Å²) in [6.07, 6.45) is 0. The molecule has 0 atom stereocenters. The number of nitrogens with zero attached hydrogens (tertiary/aromatic N) is 1. The largest absolute Gasteiger partial charge is 0.493 e. The Morgan fingerprint density at radius 2 is 1.65 bits per heavy atom. The fraction of sp³-hybridized carbons (Fsp3) is 0.278. The highest BCUT2D eigenvalue weighted by Crippen LogP contribution is 2.32. The Bertz CT molecular complexity index is 923. The Hall–Kier alpha value is -2.74. The molecular weight excluding hydrogens is 358 g/mol. The Morgan fingerprint density at radius 1 is 1.00 bits per heavy atom. The minimum Gasteiger partial charge on any atom is -0.493 e. The van der Waals surface area contributed by atoms with Crippen LogP contribution in [0.25, 0.3) is 0 Å². The van der Waals surface area contributed by atoms with Crippen LogP contribution in [0.5, 0.6) is 11.5 Å². The lowest BCUT2D eigenvalue weighted by Crippen LogP contribution is -2.35. The summed E-state index contributed by atoms with van der Waals surface area (Å²) in [5.41, 5.74) is 2.12. The number of carbonyl (C=O) groups is 1. The second-order valence-corrected chi connectivity index (χ2v) is 7.55. The summed E-state index contributed by atoms with van der Waals surface area (Å²) in [6.45, 7) is 3.03. The third-order valence-electron chi connectivity index (χ3n) is 4.00. The molecule has 0 amide bonds. The van der Waals surface area contributed by atoms with Crippen molar-refractivity contribution in [2.45, 2.75) is 18.7 Å². The number of rotatable bonds is 7. The number of aliphatic carboxylic acids is 1. The maximum Gasteiger partial charge on any atom is 0.324 e. The van der Waals surface area contributed by atoms with Gasteiger partial charge in [-0.25, -0.2) is 8.42 Å². The molecule has 0 saturated carbocycles. The van der Waals surface area contributed by atoms with E-state index >= 15 is 0 Å². The zero-order chi connectivity index (χ0) is 19.5. The Labute approximate surface area is 152 Å². The molecule has 0 aliphatic heterocycles. The van der Waals surface area contributed by atoms with Crippen molar-refractivity contribution in [2.75, 3.05) is 25.1 Å². The molecule has 2 aromatic rings. The quantitative estimate of drug-likeness (QED) is 0.795. The molecule has 2 aromatic carbocycles. The Balaban J connectivity index is 2.59. The number of ether oxygens (including phenoxy) is 2. The number of anilines is 1. The fourth-order valence-electron chi connectivity index (χ4n) is 2.42. The zero-order valence-electron chi connectivity index (χ0n) is 15.0. The van der Waals surface area contributed by atoms with Gasteiger partial charge in [0.25, 0.3) is 10.0 Å². The van der Waals surface area contributed by atoms with Crippen LogP contribution < -0.4 is 13.8 Å². The molecule has 0 bridgehead atoms. The van der Waals surface area contributed by atoms with Gasteiger partial charge in [0.05, 0.1) is 24.8 Å². The van der Waals surface area contributed by atoms with Gasteiger partial charge in [-0.15, -0.1) is 0 Å². The van der Waals surface area contributed by atoms with E-state index in [-0.39, 0.29) is 16.3 Å². The molecule has 1 N–H and O–H groups in total. The lowest BCUT2D eigenvalue weighted by Gasteiger charge is -2.24. The minimum atomic E-state index is -4.12. The molecule has 0 aliphatic carbocycles. The maximum absolute atomic E-state index is 13.1. The standard InChI is InChI=1S/C18H21NO6S/c1-12-5-6-14(9-13(12)2)19(11-18(20)21)26(22,23)15-7-8-16(24-3)17(10-15)25-4/h5-10H,11H2,1-4H3,(H,20,21). The third-order valence-corrected chi connectivity index (χ3v) is 5.77. The molecule has 0 aliphatic rings. The molecule has 0 spiro atoms. The molecule has 8 heteroatoms. The fourth-order valence-corrected chi connectivity index (χ4v) is 3.84. The number of aryl methyl sites for hydroxylation is 2. The van der Waals surface area contributed by atoms with Crippen molar-refractivity contribution >= 4 is 21.7 Å². The summed E-state index contributed by atoms with van der Waals surface area (Å²) in [5.74, 6) is -0.640. The Kier molecular flexibility index (Phi) is 5.76. The highest BCUT2D eigenvalue weighted by molar-refractivity contribution is 7.92. The lowest BCUT2D eigenvalue weighted by atomic mass is 10.1. The summed E-state index contributed by atoms with van der Waals surface area (Å²) in [4.78, 5) is 11.2. The summed E-state index contributed by atoms with van der Waals surface area (Å²) >= 11 is 0. The normalized spacial score (nSPS) is 11.1. The first-order valence-electron chi connectivity index (χ1n) is 7.74. The van der Waals surface area contributed by atoms with Crippen molar-refractivity contribution < 1.29 is 27.8 Å². The van der Waals surface area contributed by atoms with E-state index in [9.17, 15) is 18.3 Å². The van der Waals surface area contributed by atoms with Gasteiger partial charge < -0.3 is 14.6 Å². The molecule has 0 fully saturated rings. The van der Waals surface area contributed by atoms with Crippen LogP contribution in [-0.2, 0) is 14.8 Å². The summed E-state index contributed by atoms with van der Waals surface area (Å²) in [5, 5.41) is 9.21. The van der Waals surface area contributed by atoms with Crippen LogP contribution in [0.1, 0.15) is 11.1 Å². The van der Waals surface area contributed by atoms with Gasteiger partial charge in [-0.2, -0.15) is 0 Å². The van der Waals surface area contributed by atoms with Crippen molar-refractivity contribution in [3.05, 3.63) is 47.5 Å². The molecule has 0 aromatic heterocycles. The van der Waals surface area contributed by atoms with Crippen LogP contribution in [0.3, 0.4) is 0 Å². The average molecular weight is 379 g/mol. The van der Waals surface area contributed by atoms with Crippen LogP contribution in [-0.4, -0.2) is 40.3 Å². The summed E-state index contributed by atoms with van der Waals surface area (Å²) in [7, 11) is -1.28. The van der Waals surface area contributed by atoms with Gasteiger partial charge in [0.15, 0.2) is 11.5 Å². The van der Waals surface area contributed by atoms with Crippen molar-refractivity contribution in [2.24, 2.45) is 0 Å². The first-order chi connectivity index (χ1) is 12.2. The van der Waals surface area contributed by atoms with Gasteiger partial charge >= 0.3 is 5.97 Å². The maximum atomic E-state index is 13.1. The van der Waals surface area contributed by atoms with E-state index in [4.69, 9.17) is 9.47 Å². The monoisotopic (exact) mass is 379 g/mol. The smallest absolute Gasteiger partial charge is 0.324 e. The molecule has 0 saturated heterocycles. The summed E-state index contributed by atoms with van der Waals surface area (Å²) < 4.78 is 37.3. The molecule has 0 heterocycles. The van der Waals surface area contributed by atoms with Crippen LogP contribution in [0, 0.1) is 13.8 Å². The first-order valence-corrected chi connectivity index (χ1v) is 9.18. The predicted octanol–water partition coefficient (Wildman–Crippen LogP) is 2.60. The third kappa shape index (κ3) is 3.91. The molecular formula is C18H21NO6S. The van der Waals surface area contributed by atoms with Gasteiger partial charge in [0.1, 0.15) is 6.54 Å². The number of hydrogen-bond acceptors (Lipinski definition) is 5. The molecule has 2 rings (SSSR count). The van der Waals surface area contributed by atoms with E-state index in [1.54, 1.807) is 18.2 Å². The molecule has 0 unspecified atom stereocenters. The minimum absolute atomic E-state index is 0.0883. The lowest BCUT2D eigenvalue weighted by molar-refractivity contribution is -0.135. The van der Waals surface area contributed by atoms with Crippen molar-refractivity contribution in [1.29, 1.82) is 0 Å². The van der Waals surface area contributed by atoms with Crippen LogP contribution in [0.4, 0.5) is 5.69 Å². The van der Waals surface area contributed by atoms with Crippen LogP contribution in [0.2, 0.25) is 0 Å². The average Bonchev–Trinajstić information content (AvgIpc) is 2.61. The number of benzene rings is 2. The van der Waals surface area contributed by atoms with E-state index < -0.39 is 22.5 Å². The van der Waals surface area contributed by atoms with Crippen molar-refractivity contribution in [3.63, 3.8) is 0 Å². The van der Waals surface area contributed by atoms with Crippen molar-refractivity contribution in [3.8, 4) is 11.5 Å². The second kappa shape index (κ2) is 7.65. The van der Waals surface area contributed by atoms with Gasteiger partial charge in [0.2, 0.25) is 0 Å². The SMILES string of the molecule is COc1ccc(S(=O)(=O)N(CC(=O)O)c2ccc(C)c(C)c2)cc1OC. The second-order valence-electron chi connectivity index (χ2n) is 5.69. The van der Waals surface area contributed by atoms with E-state index in [1.807, 2.05) is 13.8 Å². The molecule has 0 radical (unpaired) electrons. The predicted molar refractivity (Wildman–Crippen MR) is 97.6 cm³/mol. The number of sulfonamides is 1. The first kappa shape index (κ1) is 19.6. The van der Waals surface area contributed by atoms with Gasteiger partial charge in [-0.05, 0) is 49.2 Å². The molecule has 26 heavy (non-hydrogen) atoms. The van der Waals surface area contributed by atoms with E-state index in [2.05, 4.69) is 0 Å². The zero-order valence-corrected chi connectivity index (χ0v) is 15.8. The van der Waals surface area contributed by atoms with Crippen molar-refractivity contribution in [1.82, 2.24) is 0 Å². The number of hydrogen-bond donors (Lipinski definition) is 1. The van der Waals surface area contributed by atoms with E-state index in [1.165, 1.54) is 32.4 Å². The van der Waals surface area contributed by atoms with E-state index in [0.29, 0.717) is 5.75 Å². The van der Waals surface area contributed by atoms with Crippen LogP contribution >= 0.6 is 0 Å². The van der Waals surface area contributed by atoms with Gasteiger partial charge in [-0.1, -0.05) is 6.07 Å². The topological polar surface area (TPSA) is 93.1 Å². The number of carboxylic acids is 1. The van der Waals surface area contributed by atoms with Gasteiger partial charge in [0, 0.05) is 6.07 Å². The number of methoxy groups -OCH3 is 2.